The molecule has 0 aliphatic heterocycles. The third-order valence-corrected chi connectivity index (χ3v) is 9.83. The van der Waals surface area contributed by atoms with E-state index in [1.54, 1.807) is 68.7 Å². The van der Waals surface area contributed by atoms with Crippen molar-refractivity contribution in [3.05, 3.63) is 101 Å². The molecule has 1 aromatic heterocycles. The third kappa shape index (κ3) is 5.83. The van der Waals surface area contributed by atoms with Gasteiger partial charge in [0.25, 0.3) is 10.0 Å². The Morgan fingerprint density at radius 1 is 1.05 bits per heavy atom. The summed E-state index contributed by atoms with van der Waals surface area (Å²) in [6.45, 7) is 1.87. The van der Waals surface area contributed by atoms with Crippen LogP contribution in [0.5, 0.6) is 0 Å². The zero-order chi connectivity index (χ0) is 31.2. The predicted molar refractivity (Wildman–Crippen MR) is 160 cm³/mol. The van der Waals surface area contributed by atoms with Gasteiger partial charge in [-0.3, -0.25) is 4.79 Å². The number of halogens is 3. The van der Waals surface area contributed by atoms with Crippen molar-refractivity contribution in [2.45, 2.75) is 49.7 Å². The second kappa shape index (κ2) is 11.3. The van der Waals surface area contributed by atoms with E-state index in [1.165, 1.54) is 18.3 Å². The maximum Gasteiger partial charge on any atom is 0.398 e. The number of rotatable bonds is 10. The van der Waals surface area contributed by atoms with Gasteiger partial charge in [-0.05, 0) is 87.7 Å². The summed E-state index contributed by atoms with van der Waals surface area (Å²) in [5.41, 5.74) is 6.11. The molecular weight excluding hydrogens is 577 g/mol. The Hall–Kier alpha value is -3.96. The summed E-state index contributed by atoms with van der Waals surface area (Å²) < 4.78 is 70.7. The van der Waals surface area contributed by atoms with Crippen LogP contribution in [-0.2, 0) is 21.2 Å². The van der Waals surface area contributed by atoms with Gasteiger partial charge in [-0.25, -0.2) is 0 Å². The van der Waals surface area contributed by atoms with Crippen LogP contribution in [0, 0.1) is 12.3 Å². The van der Waals surface area contributed by atoms with Gasteiger partial charge in [0.1, 0.15) is 0 Å². The van der Waals surface area contributed by atoms with Gasteiger partial charge in [-0.1, -0.05) is 54.1 Å². The zero-order valence-electron chi connectivity index (χ0n) is 24.1. The quantitative estimate of drug-likeness (QED) is 0.232. The first-order valence-electron chi connectivity index (χ1n) is 13.9. The van der Waals surface area contributed by atoms with Crippen molar-refractivity contribution < 1.29 is 26.4 Å². The van der Waals surface area contributed by atoms with Crippen molar-refractivity contribution in [2.75, 3.05) is 14.1 Å². The standard InChI is InChI=1S/C32H33F3N4O3S/c1-21-9-12-26(13-10-21)43(41,42)39-28-14-11-22(17-24(28)20-37-39)18-25(38(2)3)19-27(30(36)40)29(23-7-5-4-6-8-23)31(15-16-31)32(33,34)35/h4-14,17,20,25H,15-16,18-19H2,1-3H3,(H2,36,40)/t25-/m0/s1. The Bertz CT molecular complexity index is 1790. The highest BCUT2D eigenvalue weighted by Crippen LogP contribution is 2.65. The van der Waals surface area contributed by atoms with Gasteiger partial charge in [0.2, 0.25) is 5.91 Å². The highest BCUT2D eigenvalue weighted by Gasteiger charge is 2.66. The molecule has 43 heavy (non-hydrogen) atoms. The van der Waals surface area contributed by atoms with Crippen LogP contribution >= 0.6 is 0 Å². The van der Waals surface area contributed by atoms with Crippen molar-refractivity contribution in [3.8, 4) is 0 Å². The lowest BCUT2D eigenvalue weighted by Crippen LogP contribution is -2.35. The molecule has 5 rings (SSSR count). The first-order chi connectivity index (χ1) is 20.2. The Balaban J connectivity index is 1.50. The third-order valence-electron chi connectivity index (χ3n) is 8.22. The minimum Gasteiger partial charge on any atom is -0.366 e. The molecule has 1 atom stereocenters. The SMILES string of the molecule is Cc1ccc(S(=O)(=O)n2ncc3cc(C[C@@H](CC(C(N)=O)=C(c4ccccc4)C4(C(F)(F)F)CC4)N(C)C)ccc32)cc1. The lowest BCUT2D eigenvalue weighted by Gasteiger charge is -2.29. The number of carbonyl (C=O) groups is 1. The normalized spacial score (nSPS) is 16.3. The Morgan fingerprint density at radius 3 is 2.26 bits per heavy atom. The number of alkyl halides is 3. The monoisotopic (exact) mass is 610 g/mol. The van der Waals surface area contributed by atoms with Gasteiger partial charge in [-0.2, -0.15) is 30.8 Å². The molecule has 0 unspecified atom stereocenters. The summed E-state index contributed by atoms with van der Waals surface area (Å²) in [4.78, 5) is 14.8. The maximum atomic E-state index is 14.4. The van der Waals surface area contributed by atoms with Crippen LogP contribution in [0.3, 0.4) is 0 Å². The fraction of sp³-hybridized carbons (Fsp3) is 0.312. The van der Waals surface area contributed by atoms with Crippen LogP contribution in [0.25, 0.3) is 16.5 Å². The summed E-state index contributed by atoms with van der Waals surface area (Å²) in [7, 11) is -0.325. The predicted octanol–water partition coefficient (Wildman–Crippen LogP) is 5.73. The topological polar surface area (TPSA) is 98.3 Å². The lowest BCUT2D eigenvalue weighted by atomic mass is 9.82. The number of benzene rings is 3. The van der Waals surface area contributed by atoms with E-state index in [0.717, 1.165) is 15.2 Å². The van der Waals surface area contributed by atoms with Gasteiger partial charge >= 0.3 is 6.18 Å². The molecule has 1 aliphatic rings. The lowest BCUT2D eigenvalue weighted by molar-refractivity contribution is -0.168. The molecule has 11 heteroatoms. The first kappa shape index (κ1) is 30.5. The number of allylic oxidation sites excluding steroid dienone is 1. The smallest absolute Gasteiger partial charge is 0.366 e. The van der Waals surface area contributed by atoms with Crippen LogP contribution in [0.1, 0.15) is 36.0 Å². The second-order valence-electron chi connectivity index (χ2n) is 11.4. The second-order valence-corrected chi connectivity index (χ2v) is 13.2. The van der Waals surface area contributed by atoms with Crippen molar-refractivity contribution in [3.63, 3.8) is 0 Å². The molecule has 4 aromatic rings. The first-order valence-corrected chi connectivity index (χ1v) is 15.3. The van der Waals surface area contributed by atoms with E-state index in [1.807, 2.05) is 17.9 Å². The highest BCUT2D eigenvalue weighted by atomic mass is 32.2. The van der Waals surface area contributed by atoms with Gasteiger partial charge in [-0.15, -0.1) is 0 Å². The largest absolute Gasteiger partial charge is 0.398 e. The maximum absolute atomic E-state index is 14.4. The summed E-state index contributed by atoms with van der Waals surface area (Å²) in [5, 5.41) is 4.74. The molecule has 2 N–H and O–H groups in total. The van der Waals surface area contributed by atoms with Gasteiger partial charge in [0.05, 0.1) is 22.0 Å². The van der Waals surface area contributed by atoms with Crippen LogP contribution in [0.15, 0.2) is 89.5 Å². The minimum absolute atomic E-state index is 0.00347. The summed E-state index contributed by atoms with van der Waals surface area (Å²) in [6, 6.07) is 19.6. The zero-order valence-corrected chi connectivity index (χ0v) is 24.9. The minimum atomic E-state index is -4.53. The Kier molecular flexibility index (Phi) is 8.00. The number of likely N-dealkylation sites (N-methyl/N-ethyl adjacent to an activating group) is 1. The summed E-state index contributed by atoms with van der Waals surface area (Å²) >= 11 is 0. The number of primary amides is 1. The van der Waals surface area contributed by atoms with E-state index in [9.17, 15) is 26.4 Å². The molecule has 0 spiro atoms. The number of hydrogen-bond acceptors (Lipinski definition) is 5. The van der Waals surface area contributed by atoms with Crippen LogP contribution in [0.4, 0.5) is 13.2 Å². The molecule has 1 saturated carbocycles. The Morgan fingerprint density at radius 2 is 1.70 bits per heavy atom. The molecule has 1 amide bonds. The van der Waals surface area contributed by atoms with E-state index in [2.05, 4.69) is 5.10 Å². The molecule has 226 valence electrons. The van der Waals surface area contributed by atoms with E-state index in [0.29, 0.717) is 22.9 Å². The number of amides is 1. The molecule has 1 fully saturated rings. The number of aromatic nitrogens is 2. The number of nitrogens with zero attached hydrogens (tertiary/aromatic N) is 3. The van der Waals surface area contributed by atoms with Crippen molar-refractivity contribution in [2.24, 2.45) is 11.1 Å². The highest BCUT2D eigenvalue weighted by molar-refractivity contribution is 7.90. The summed E-state index contributed by atoms with van der Waals surface area (Å²) in [6.07, 6.45) is -2.89. The average Bonchev–Trinajstić information content (AvgIpc) is 3.65. The molecule has 0 radical (unpaired) electrons. The molecule has 1 aliphatic carbocycles. The van der Waals surface area contributed by atoms with Gasteiger partial charge < -0.3 is 10.6 Å². The number of nitrogens with two attached hydrogens (primary N) is 1. The fourth-order valence-corrected chi connectivity index (χ4v) is 6.88. The van der Waals surface area contributed by atoms with E-state index in [4.69, 9.17) is 5.73 Å². The van der Waals surface area contributed by atoms with Crippen molar-refractivity contribution >= 4 is 32.4 Å². The van der Waals surface area contributed by atoms with E-state index < -0.39 is 27.5 Å². The van der Waals surface area contributed by atoms with Crippen LogP contribution in [0.2, 0.25) is 0 Å². The Labute approximate surface area is 248 Å². The summed E-state index contributed by atoms with van der Waals surface area (Å²) in [5.74, 6) is -0.876. The van der Waals surface area contributed by atoms with Crippen molar-refractivity contribution in [1.82, 2.24) is 14.1 Å². The average molecular weight is 611 g/mol. The molecule has 7 nitrogen and oxygen atoms in total. The van der Waals surface area contributed by atoms with E-state index >= 15 is 0 Å². The molecule has 3 aromatic carbocycles. The molecular formula is C32H33F3N4O3S. The van der Waals surface area contributed by atoms with Gasteiger partial charge in [0.15, 0.2) is 0 Å². The number of hydrogen-bond donors (Lipinski definition) is 1. The fourth-order valence-electron chi connectivity index (χ4n) is 5.60. The van der Waals surface area contributed by atoms with Crippen LogP contribution in [-0.4, -0.2) is 54.7 Å². The number of carbonyl (C=O) groups excluding carboxylic acids is 1. The number of aryl methyl sites for hydroxylation is 1. The van der Waals surface area contributed by atoms with Crippen molar-refractivity contribution in [1.29, 1.82) is 0 Å². The molecule has 0 bridgehead atoms. The van der Waals surface area contributed by atoms with Crippen LogP contribution < -0.4 is 5.73 Å². The molecule has 0 saturated heterocycles. The van der Waals surface area contributed by atoms with Gasteiger partial charge in [0, 0.05) is 17.0 Å². The van der Waals surface area contributed by atoms with E-state index in [-0.39, 0.29) is 41.3 Å². The molecule has 1 heterocycles. The number of fused-ring (bicyclic) bond motifs is 1.